The van der Waals surface area contributed by atoms with Gasteiger partial charge in [0.05, 0.1) is 31.9 Å². The molecule has 0 bridgehead atoms. The fourth-order valence-corrected chi connectivity index (χ4v) is 5.10. The largest absolute Gasteiger partial charge is 0.493 e. The second-order valence-corrected chi connectivity index (χ2v) is 11.1. The third-order valence-corrected chi connectivity index (χ3v) is 7.67. The molecule has 1 N–H and O–H groups in total. The minimum Gasteiger partial charge on any atom is -0.493 e. The number of carbonyl (C=O) groups excluding carboxylic acids is 1. The van der Waals surface area contributed by atoms with E-state index in [0.717, 1.165) is 44.1 Å². The Morgan fingerprint density at radius 2 is 1.80 bits per heavy atom. The molecule has 1 saturated heterocycles. The van der Waals surface area contributed by atoms with Crippen molar-refractivity contribution in [3.05, 3.63) is 89.4 Å². The number of fused-ring (bicyclic) bond motifs is 1. The highest BCUT2D eigenvalue weighted by Gasteiger charge is 2.17. The SMILES string of the molecule is COc1cc2c(Oc3ccc(CC(=O)N/N=C/c4ccc(F)c(F)c4)cc3F)ccnc2cc1OCCCN1CCC(C)CC1. The topological polar surface area (TPSA) is 85.3 Å². The zero-order chi connectivity index (χ0) is 31.8. The highest BCUT2D eigenvalue weighted by Crippen LogP contribution is 2.37. The number of nitrogens with one attached hydrogen (secondary N) is 1. The van der Waals surface area contributed by atoms with Crippen molar-refractivity contribution in [1.29, 1.82) is 0 Å². The van der Waals surface area contributed by atoms with E-state index in [9.17, 15) is 13.6 Å². The van der Waals surface area contributed by atoms with E-state index in [1.165, 1.54) is 37.3 Å². The predicted molar refractivity (Wildman–Crippen MR) is 166 cm³/mol. The van der Waals surface area contributed by atoms with E-state index >= 15 is 4.39 Å². The maximum Gasteiger partial charge on any atom is 0.244 e. The molecular weight excluding hydrogens is 585 g/mol. The minimum absolute atomic E-state index is 0.0329. The summed E-state index contributed by atoms with van der Waals surface area (Å²) < 4.78 is 59.0. The smallest absolute Gasteiger partial charge is 0.244 e. The van der Waals surface area contributed by atoms with Gasteiger partial charge in [-0.05, 0) is 85.8 Å². The van der Waals surface area contributed by atoms with Crippen LogP contribution in [-0.2, 0) is 11.2 Å². The second kappa shape index (κ2) is 14.9. The van der Waals surface area contributed by atoms with Gasteiger partial charge in [0.1, 0.15) is 5.75 Å². The summed E-state index contributed by atoms with van der Waals surface area (Å²) in [6.45, 7) is 6.09. The van der Waals surface area contributed by atoms with E-state index in [0.29, 0.717) is 40.3 Å². The highest BCUT2D eigenvalue weighted by molar-refractivity contribution is 5.88. The van der Waals surface area contributed by atoms with Crippen molar-refractivity contribution in [2.75, 3.05) is 33.4 Å². The molecule has 1 aliphatic heterocycles. The molecule has 4 aromatic rings. The molecule has 1 fully saturated rings. The van der Waals surface area contributed by atoms with Crippen LogP contribution >= 0.6 is 0 Å². The molecule has 1 aliphatic rings. The predicted octanol–water partition coefficient (Wildman–Crippen LogP) is 6.65. The van der Waals surface area contributed by atoms with E-state index in [1.54, 1.807) is 37.6 Å². The van der Waals surface area contributed by atoms with Gasteiger partial charge in [0.25, 0.3) is 0 Å². The van der Waals surface area contributed by atoms with E-state index in [-0.39, 0.29) is 17.7 Å². The number of amides is 1. The lowest BCUT2D eigenvalue weighted by Crippen LogP contribution is -2.34. The first-order valence-corrected chi connectivity index (χ1v) is 14.8. The summed E-state index contributed by atoms with van der Waals surface area (Å²) in [4.78, 5) is 19.2. The Balaban J connectivity index is 1.19. The first-order chi connectivity index (χ1) is 21.8. The van der Waals surface area contributed by atoms with Gasteiger partial charge in [-0.1, -0.05) is 19.1 Å². The van der Waals surface area contributed by atoms with Gasteiger partial charge in [0.2, 0.25) is 5.91 Å². The molecule has 0 spiro atoms. The molecule has 1 aromatic heterocycles. The Morgan fingerprint density at radius 1 is 0.978 bits per heavy atom. The number of methoxy groups -OCH3 is 1. The van der Waals surface area contributed by atoms with Crippen LogP contribution in [0.2, 0.25) is 0 Å². The Hall–Kier alpha value is -4.64. The number of benzene rings is 3. The third kappa shape index (κ3) is 8.51. The fourth-order valence-electron chi connectivity index (χ4n) is 5.10. The van der Waals surface area contributed by atoms with Crippen molar-refractivity contribution in [2.24, 2.45) is 11.0 Å². The number of piperidine rings is 1. The average Bonchev–Trinajstić information content (AvgIpc) is 3.03. The number of hydrogen-bond acceptors (Lipinski definition) is 7. The van der Waals surface area contributed by atoms with E-state index in [1.807, 2.05) is 0 Å². The molecule has 0 atom stereocenters. The number of halogens is 3. The van der Waals surface area contributed by atoms with Gasteiger partial charge in [-0.15, -0.1) is 0 Å². The Kier molecular flexibility index (Phi) is 10.5. The van der Waals surface area contributed by atoms with Crippen molar-refractivity contribution in [3.8, 4) is 23.0 Å². The summed E-state index contributed by atoms with van der Waals surface area (Å²) in [5.41, 5.74) is 3.54. The zero-order valence-electron chi connectivity index (χ0n) is 25.2. The van der Waals surface area contributed by atoms with E-state index in [2.05, 4.69) is 27.3 Å². The Labute approximate surface area is 259 Å². The van der Waals surface area contributed by atoms with Gasteiger partial charge in [0.15, 0.2) is 34.7 Å². The number of nitrogens with zero attached hydrogens (tertiary/aromatic N) is 3. The van der Waals surface area contributed by atoms with Crippen molar-refractivity contribution in [2.45, 2.75) is 32.6 Å². The number of pyridine rings is 1. The van der Waals surface area contributed by atoms with Crippen molar-refractivity contribution in [3.63, 3.8) is 0 Å². The quantitative estimate of drug-likeness (QED) is 0.109. The number of ether oxygens (including phenoxy) is 3. The van der Waals surface area contributed by atoms with Crippen molar-refractivity contribution < 1.29 is 32.2 Å². The van der Waals surface area contributed by atoms with Crippen LogP contribution in [0.4, 0.5) is 13.2 Å². The van der Waals surface area contributed by atoms with Gasteiger partial charge >= 0.3 is 0 Å². The molecule has 8 nitrogen and oxygen atoms in total. The van der Waals surface area contributed by atoms with Crippen LogP contribution in [-0.4, -0.2) is 55.4 Å². The first kappa shape index (κ1) is 31.8. The molecule has 11 heteroatoms. The number of rotatable bonds is 12. The molecule has 2 heterocycles. The molecule has 0 aliphatic carbocycles. The lowest BCUT2D eigenvalue weighted by atomic mass is 9.99. The van der Waals surface area contributed by atoms with Crippen LogP contribution in [0.25, 0.3) is 10.9 Å². The summed E-state index contributed by atoms with van der Waals surface area (Å²) >= 11 is 0. The average molecular weight is 621 g/mol. The molecule has 45 heavy (non-hydrogen) atoms. The number of likely N-dealkylation sites (tertiary alicyclic amines) is 1. The van der Waals surface area contributed by atoms with Crippen LogP contribution in [0.1, 0.15) is 37.3 Å². The van der Waals surface area contributed by atoms with Crippen molar-refractivity contribution >= 4 is 23.0 Å². The lowest BCUT2D eigenvalue weighted by molar-refractivity contribution is -0.120. The van der Waals surface area contributed by atoms with Crippen LogP contribution < -0.4 is 19.6 Å². The molecular formula is C34H35F3N4O4. The number of aromatic nitrogens is 1. The number of hydrogen-bond donors (Lipinski definition) is 1. The minimum atomic E-state index is -1.02. The van der Waals surface area contributed by atoms with Crippen LogP contribution in [0.15, 0.2) is 65.9 Å². The molecule has 0 radical (unpaired) electrons. The summed E-state index contributed by atoms with van der Waals surface area (Å²) in [5.74, 6) is -0.956. The van der Waals surface area contributed by atoms with E-state index < -0.39 is 23.4 Å². The molecule has 236 valence electrons. The summed E-state index contributed by atoms with van der Waals surface area (Å²) in [6.07, 6.45) is 5.96. The Morgan fingerprint density at radius 3 is 2.56 bits per heavy atom. The van der Waals surface area contributed by atoms with E-state index in [4.69, 9.17) is 14.2 Å². The standard InChI is InChI=1S/C34H35F3N4O4/c1-22-9-13-41(14-10-22)12-3-15-44-33-20-29-25(19-32(33)43-2)30(8-11-38-29)45-31-7-5-23(16-28(31)37)18-34(42)40-39-21-24-4-6-26(35)27(36)17-24/h4-8,11,16-17,19-22H,3,9-10,12-15,18H2,1-2H3,(H,40,42)/b39-21+. The van der Waals surface area contributed by atoms with Gasteiger partial charge in [-0.2, -0.15) is 5.10 Å². The molecule has 0 saturated carbocycles. The highest BCUT2D eigenvalue weighted by atomic mass is 19.2. The maximum atomic E-state index is 15.0. The number of hydrazone groups is 1. The molecule has 3 aromatic carbocycles. The van der Waals surface area contributed by atoms with Crippen LogP contribution in [0.5, 0.6) is 23.0 Å². The monoisotopic (exact) mass is 620 g/mol. The van der Waals surface area contributed by atoms with Gasteiger partial charge in [0, 0.05) is 24.2 Å². The summed E-state index contributed by atoms with van der Waals surface area (Å²) in [7, 11) is 1.56. The van der Waals surface area contributed by atoms with Crippen LogP contribution in [0, 0.1) is 23.4 Å². The lowest BCUT2D eigenvalue weighted by Gasteiger charge is -2.30. The molecule has 0 unspecified atom stereocenters. The molecule has 1 amide bonds. The summed E-state index contributed by atoms with van der Waals surface area (Å²) in [6, 6.07) is 12.6. The fraction of sp³-hybridized carbons (Fsp3) is 0.324. The van der Waals surface area contributed by atoms with Gasteiger partial charge in [-0.3, -0.25) is 9.78 Å². The maximum absolute atomic E-state index is 15.0. The number of carbonyl (C=O) groups is 1. The van der Waals surface area contributed by atoms with Gasteiger partial charge < -0.3 is 19.1 Å². The van der Waals surface area contributed by atoms with Crippen molar-refractivity contribution in [1.82, 2.24) is 15.3 Å². The van der Waals surface area contributed by atoms with Crippen LogP contribution in [0.3, 0.4) is 0 Å². The first-order valence-electron chi connectivity index (χ1n) is 14.8. The zero-order valence-corrected chi connectivity index (χ0v) is 25.2. The van der Waals surface area contributed by atoms with Gasteiger partial charge in [-0.25, -0.2) is 18.6 Å². The second-order valence-electron chi connectivity index (χ2n) is 11.1. The Bertz CT molecular complexity index is 1680. The third-order valence-electron chi connectivity index (χ3n) is 7.67. The normalized spacial score (nSPS) is 14.2. The molecule has 5 rings (SSSR count). The summed E-state index contributed by atoms with van der Waals surface area (Å²) in [5, 5.41) is 4.35.